The molecule has 0 bridgehead atoms. The molecule has 0 radical (unpaired) electrons. The highest BCUT2D eigenvalue weighted by molar-refractivity contribution is 14.1. The van der Waals surface area contributed by atoms with Crippen molar-refractivity contribution in [2.75, 3.05) is 0 Å². The number of fused-ring (bicyclic) bond motifs is 4. The summed E-state index contributed by atoms with van der Waals surface area (Å²) in [5.41, 5.74) is 1.69. The van der Waals surface area contributed by atoms with Crippen LogP contribution in [0.15, 0.2) is 136 Å². The monoisotopic (exact) mass is 770 g/mol. The number of H-pyrrole nitrogens is 2. The first-order valence-electron chi connectivity index (χ1n) is 14.0. The van der Waals surface area contributed by atoms with Crippen molar-refractivity contribution in [3.8, 4) is 0 Å². The fourth-order valence-corrected chi connectivity index (χ4v) is 6.71. The van der Waals surface area contributed by atoms with Gasteiger partial charge in [-0.15, -0.1) is 12.6 Å². The summed E-state index contributed by atoms with van der Waals surface area (Å²) in [6.07, 6.45) is 0. The largest absolute Gasteiger partial charge is 0.277 e. The molecule has 2 N–H and O–H groups in total. The number of hydrogen-bond donors (Lipinski definition) is 3. The zero-order valence-electron chi connectivity index (χ0n) is 24.2. The van der Waals surface area contributed by atoms with E-state index in [1.165, 1.54) is 40.7 Å². The van der Waals surface area contributed by atoms with Crippen molar-refractivity contribution in [3.63, 3.8) is 0 Å². The molecule has 232 valence electrons. The first-order valence-corrected chi connectivity index (χ1v) is 16.4. The van der Waals surface area contributed by atoms with Crippen LogP contribution in [0.2, 0.25) is 0 Å². The van der Waals surface area contributed by atoms with Gasteiger partial charge in [-0.3, -0.25) is 30.4 Å². The highest BCUT2D eigenvalue weighted by Gasteiger charge is 2.14. The number of hydrogen-bond acceptors (Lipinski definition) is 8. The lowest BCUT2D eigenvalue weighted by Gasteiger charge is -2.04. The van der Waals surface area contributed by atoms with Gasteiger partial charge < -0.3 is 0 Å². The fraction of sp³-hybridized carbons (Fsp3) is 0. The highest BCUT2D eigenvalue weighted by Crippen LogP contribution is 2.37. The van der Waals surface area contributed by atoms with E-state index in [4.69, 9.17) is 0 Å². The minimum absolute atomic E-state index is 0.0682. The Morgan fingerprint density at radius 2 is 1.23 bits per heavy atom. The second kappa shape index (κ2) is 14.2. The number of non-ortho nitro benzene ring substituents is 2. The third-order valence-corrected chi connectivity index (χ3v) is 9.44. The molecular weight excluding hydrogens is 747 g/mol. The molecule has 0 aliphatic carbocycles. The van der Waals surface area contributed by atoms with Crippen LogP contribution in [-0.4, -0.2) is 30.2 Å². The average Bonchev–Trinajstić information content (AvgIpc) is 3.67. The van der Waals surface area contributed by atoms with Crippen molar-refractivity contribution in [3.05, 3.63) is 145 Å². The van der Waals surface area contributed by atoms with Crippen molar-refractivity contribution in [2.24, 2.45) is 0 Å². The van der Waals surface area contributed by atoms with Gasteiger partial charge in [0.15, 0.2) is 0 Å². The van der Waals surface area contributed by atoms with Crippen LogP contribution < -0.4 is 0 Å². The average molecular weight is 771 g/mol. The smallest absolute Gasteiger partial charge is 0.270 e. The maximum absolute atomic E-state index is 11.0. The number of thiol groups is 1. The van der Waals surface area contributed by atoms with Gasteiger partial charge in [0.2, 0.25) is 0 Å². The molecule has 10 nitrogen and oxygen atoms in total. The van der Waals surface area contributed by atoms with E-state index in [1.807, 2.05) is 48.5 Å². The second-order valence-electron chi connectivity index (χ2n) is 10.1. The van der Waals surface area contributed by atoms with E-state index in [0.717, 1.165) is 51.1 Å². The summed E-state index contributed by atoms with van der Waals surface area (Å²) >= 11 is 7.91. The van der Waals surface area contributed by atoms with E-state index in [2.05, 4.69) is 92.0 Å². The van der Waals surface area contributed by atoms with E-state index < -0.39 is 9.85 Å². The first-order chi connectivity index (χ1) is 22.8. The number of benzene rings is 6. The third kappa shape index (κ3) is 7.21. The molecule has 0 aliphatic rings. The quantitative estimate of drug-likeness (QED) is 0.0700. The number of nitrogens with zero attached hydrogens (tertiary/aromatic N) is 4. The van der Waals surface area contributed by atoms with E-state index in [9.17, 15) is 20.2 Å². The van der Waals surface area contributed by atoms with E-state index in [-0.39, 0.29) is 11.4 Å². The van der Waals surface area contributed by atoms with Crippen LogP contribution in [0.5, 0.6) is 0 Å². The summed E-state index contributed by atoms with van der Waals surface area (Å²) in [6, 6.07) is 37.9. The standard InChI is InChI=1S/C17H11N3O2S.C10H8S.C7H4IN3O2/c21-20(22)12-8-9-15-14(10-12)17(19-18-15)23-16-7-3-5-11-4-1-2-6-13(11)16;11-10-7-3-5-8-4-1-2-6-9(8)10;8-7-5-3-4(11(12)13)1-2-6(5)9-10-7/h1-10H,(H,18,19);1-7,11H;1-3H,(H,9,10). The molecule has 6 aromatic carbocycles. The van der Waals surface area contributed by atoms with Crippen LogP contribution in [0.25, 0.3) is 43.4 Å². The number of aromatic nitrogens is 4. The molecule has 2 aromatic heterocycles. The van der Waals surface area contributed by atoms with Crippen LogP contribution in [0.3, 0.4) is 0 Å². The normalized spacial score (nSPS) is 10.8. The zero-order chi connectivity index (χ0) is 32.9. The Balaban J connectivity index is 0.000000136. The molecule has 0 saturated heterocycles. The van der Waals surface area contributed by atoms with Crippen molar-refractivity contribution < 1.29 is 9.85 Å². The second-order valence-corrected chi connectivity index (χ2v) is 12.7. The van der Waals surface area contributed by atoms with Gasteiger partial charge in [0.25, 0.3) is 11.4 Å². The van der Waals surface area contributed by atoms with Gasteiger partial charge >= 0.3 is 0 Å². The highest BCUT2D eigenvalue weighted by atomic mass is 127. The van der Waals surface area contributed by atoms with Gasteiger partial charge in [-0.05, 0) is 68.4 Å². The Bertz CT molecular complexity index is 2400. The molecule has 8 aromatic rings. The topological polar surface area (TPSA) is 144 Å². The lowest BCUT2D eigenvalue weighted by atomic mass is 10.1. The minimum Gasteiger partial charge on any atom is -0.277 e. The SMILES string of the molecule is O=[N+]([O-])c1ccc2[nH]nc(Sc3cccc4ccccc34)c2c1.O=[N+]([O-])c1ccc2n[nH]c(I)c2c1.Sc1cccc2ccccc12. The summed E-state index contributed by atoms with van der Waals surface area (Å²) in [7, 11) is 0. The molecule has 0 atom stereocenters. The number of aromatic amines is 2. The van der Waals surface area contributed by atoms with Gasteiger partial charge in [0.1, 0.15) is 8.73 Å². The predicted molar refractivity (Wildman–Crippen MR) is 197 cm³/mol. The van der Waals surface area contributed by atoms with Gasteiger partial charge in [-0.1, -0.05) is 84.6 Å². The molecule has 2 heterocycles. The summed E-state index contributed by atoms with van der Waals surface area (Å²) < 4.78 is 0.816. The van der Waals surface area contributed by atoms with Gasteiger partial charge in [-0.2, -0.15) is 10.2 Å². The minimum atomic E-state index is -0.414. The zero-order valence-corrected chi connectivity index (χ0v) is 28.1. The number of rotatable bonds is 4. The van der Waals surface area contributed by atoms with Crippen LogP contribution >= 0.6 is 47.0 Å². The lowest BCUT2D eigenvalue weighted by Crippen LogP contribution is -1.86. The summed E-state index contributed by atoms with van der Waals surface area (Å²) in [6.45, 7) is 0. The van der Waals surface area contributed by atoms with Gasteiger partial charge in [0.05, 0.1) is 20.9 Å². The van der Waals surface area contributed by atoms with E-state index in [1.54, 1.807) is 18.2 Å². The maximum Gasteiger partial charge on any atom is 0.270 e. The summed E-state index contributed by atoms with van der Waals surface area (Å²) in [5.74, 6) is 0. The molecule has 0 spiro atoms. The van der Waals surface area contributed by atoms with Crippen LogP contribution in [0.4, 0.5) is 11.4 Å². The fourth-order valence-electron chi connectivity index (χ4n) is 4.85. The summed E-state index contributed by atoms with van der Waals surface area (Å²) in [4.78, 5) is 22.7. The number of nitro groups is 2. The first kappa shape index (κ1) is 32.0. The molecule has 0 amide bonds. The molecule has 0 unspecified atom stereocenters. The number of nitro benzene ring substituents is 2. The summed E-state index contributed by atoms with van der Waals surface area (Å²) in [5, 5.41) is 42.4. The van der Waals surface area contributed by atoms with Crippen LogP contribution in [-0.2, 0) is 0 Å². The van der Waals surface area contributed by atoms with Crippen LogP contribution in [0.1, 0.15) is 0 Å². The number of halogens is 1. The lowest BCUT2D eigenvalue weighted by molar-refractivity contribution is -0.384. The Labute approximate surface area is 290 Å². The molecular formula is C34H23IN6O4S2. The molecule has 8 rings (SSSR count). The Kier molecular flexibility index (Phi) is 9.65. The van der Waals surface area contributed by atoms with Crippen LogP contribution in [0, 0.1) is 23.9 Å². The van der Waals surface area contributed by atoms with E-state index >= 15 is 0 Å². The van der Waals surface area contributed by atoms with Gasteiger partial charge in [-0.25, -0.2) is 0 Å². The predicted octanol–water partition coefficient (Wildman–Crippen LogP) is 9.98. The molecule has 0 aliphatic heterocycles. The Morgan fingerprint density at radius 1 is 0.638 bits per heavy atom. The van der Waals surface area contributed by atoms with Crippen molar-refractivity contribution >= 4 is 102 Å². The van der Waals surface area contributed by atoms with E-state index in [0.29, 0.717) is 0 Å². The molecule has 0 saturated carbocycles. The molecule has 0 fully saturated rings. The third-order valence-electron chi connectivity index (χ3n) is 7.15. The number of nitrogens with one attached hydrogen (secondary N) is 2. The van der Waals surface area contributed by atoms with Crippen molar-refractivity contribution in [2.45, 2.75) is 14.8 Å². The Hall–Kier alpha value is -4.99. The van der Waals surface area contributed by atoms with Crippen molar-refractivity contribution in [1.29, 1.82) is 0 Å². The maximum atomic E-state index is 11.0. The molecule has 13 heteroatoms. The van der Waals surface area contributed by atoms with Gasteiger partial charge in [0, 0.05) is 44.8 Å². The van der Waals surface area contributed by atoms with Crippen molar-refractivity contribution in [1.82, 2.24) is 20.4 Å². The Morgan fingerprint density at radius 3 is 1.94 bits per heavy atom. The molecule has 47 heavy (non-hydrogen) atoms.